The van der Waals surface area contributed by atoms with Gasteiger partial charge in [-0.2, -0.15) is 0 Å². The summed E-state index contributed by atoms with van der Waals surface area (Å²) in [7, 11) is 1.45. The van der Waals surface area contributed by atoms with E-state index in [-0.39, 0.29) is 22.9 Å². The molecule has 0 spiro atoms. The van der Waals surface area contributed by atoms with Crippen LogP contribution in [0.1, 0.15) is 33.6 Å². The first kappa shape index (κ1) is 10.5. The third-order valence-corrected chi connectivity index (χ3v) is 4.19. The van der Waals surface area contributed by atoms with Gasteiger partial charge in [-0.1, -0.05) is 19.0 Å². The molecule has 0 unspecified atom stereocenters. The minimum Gasteiger partial charge on any atom is -0.454 e. The Labute approximate surface area is 89.6 Å². The van der Waals surface area contributed by atoms with Crippen molar-refractivity contribution in [2.45, 2.75) is 39.2 Å². The molecule has 2 aliphatic rings. The van der Waals surface area contributed by atoms with E-state index in [1.54, 1.807) is 0 Å². The van der Waals surface area contributed by atoms with E-state index < -0.39 is 0 Å². The maximum absolute atomic E-state index is 11.7. The molecular formula is C11H17NO3. The molecular weight excluding hydrogens is 194 g/mol. The van der Waals surface area contributed by atoms with Crippen molar-refractivity contribution in [2.24, 2.45) is 16.5 Å². The lowest BCUT2D eigenvalue weighted by atomic mass is 9.70. The fourth-order valence-corrected chi connectivity index (χ4v) is 2.73. The maximum Gasteiger partial charge on any atom is 0.356 e. The average molecular weight is 211 g/mol. The molecule has 0 amide bonds. The third kappa shape index (κ3) is 1.20. The van der Waals surface area contributed by atoms with Crippen molar-refractivity contribution in [3.8, 4) is 0 Å². The van der Waals surface area contributed by atoms with Crippen LogP contribution in [0.4, 0.5) is 0 Å². The molecule has 4 heteroatoms. The number of ether oxygens (including phenoxy) is 1. The van der Waals surface area contributed by atoms with Crippen molar-refractivity contribution in [2.75, 3.05) is 7.11 Å². The van der Waals surface area contributed by atoms with Crippen LogP contribution in [0.25, 0.3) is 0 Å². The van der Waals surface area contributed by atoms with E-state index in [9.17, 15) is 4.79 Å². The van der Waals surface area contributed by atoms with E-state index in [1.165, 1.54) is 7.11 Å². The van der Waals surface area contributed by atoms with Crippen LogP contribution >= 0.6 is 0 Å². The summed E-state index contributed by atoms with van der Waals surface area (Å²) in [5.74, 6) is -0.162. The summed E-state index contributed by atoms with van der Waals surface area (Å²) in [6, 6.07) is 0. The van der Waals surface area contributed by atoms with E-state index in [0.29, 0.717) is 5.71 Å². The van der Waals surface area contributed by atoms with Crippen molar-refractivity contribution in [3.05, 3.63) is 0 Å². The second kappa shape index (κ2) is 2.97. The summed E-state index contributed by atoms with van der Waals surface area (Å²) in [5, 5.41) is 3.81. The first-order valence-corrected chi connectivity index (χ1v) is 5.27. The zero-order chi connectivity index (χ0) is 11.3. The molecule has 2 fully saturated rings. The number of rotatable bonds is 1. The molecule has 1 aliphatic heterocycles. The van der Waals surface area contributed by atoms with Gasteiger partial charge in [0.2, 0.25) is 0 Å². The number of fused-ring (bicyclic) bond motifs is 2. The van der Waals surface area contributed by atoms with Gasteiger partial charge in [0, 0.05) is 11.3 Å². The maximum atomic E-state index is 11.7. The number of hydrogen-bond acceptors (Lipinski definition) is 4. The molecule has 1 saturated carbocycles. The quantitative estimate of drug-likeness (QED) is 0.490. The van der Waals surface area contributed by atoms with Gasteiger partial charge in [-0.3, -0.25) is 0 Å². The highest BCUT2D eigenvalue weighted by Crippen LogP contribution is 2.55. The number of esters is 1. The SMILES string of the molecule is CO/N=C1\C(=O)O[C@]2(C)CC[C@H]1C2(C)C. The number of oxime groups is 1. The van der Waals surface area contributed by atoms with E-state index in [1.807, 2.05) is 6.92 Å². The average Bonchev–Trinajstić information content (AvgIpc) is 2.30. The summed E-state index contributed by atoms with van der Waals surface area (Å²) >= 11 is 0. The topological polar surface area (TPSA) is 47.9 Å². The summed E-state index contributed by atoms with van der Waals surface area (Å²) in [5.41, 5.74) is 0.0391. The molecule has 0 aromatic carbocycles. The monoisotopic (exact) mass is 211 g/mol. The van der Waals surface area contributed by atoms with Gasteiger partial charge in [0.1, 0.15) is 12.7 Å². The lowest BCUT2D eigenvalue weighted by Gasteiger charge is -2.44. The standard InChI is InChI=1S/C11H17NO3/c1-10(2)7-5-6-11(10,3)15-9(13)8(7)12-14-4/h7H,5-6H2,1-4H3/b12-8-/t7-,11-/m1/s1. The van der Waals surface area contributed by atoms with Gasteiger partial charge in [-0.05, 0) is 19.8 Å². The Balaban J connectivity index is 2.43. The third-order valence-electron chi connectivity index (χ3n) is 4.19. The largest absolute Gasteiger partial charge is 0.454 e. The van der Waals surface area contributed by atoms with Crippen molar-refractivity contribution >= 4 is 11.7 Å². The summed E-state index contributed by atoms with van der Waals surface area (Å²) in [6.45, 7) is 6.26. The molecule has 15 heavy (non-hydrogen) atoms. The van der Waals surface area contributed by atoms with Crippen LogP contribution in [0.3, 0.4) is 0 Å². The van der Waals surface area contributed by atoms with Crippen LogP contribution in [-0.4, -0.2) is 24.4 Å². The smallest absolute Gasteiger partial charge is 0.356 e. The van der Waals surface area contributed by atoms with Crippen LogP contribution in [0.5, 0.6) is 0 Å². The van der Waals surface area contributed by atoms with Crippen molar-refractivity contribution < 1.29 is 14.4 Å². The molecule has 4 nitrogen and oxygen atoms in total. The van der Waals surface area contributed by atoms with Gasteiger partial charge in [0.15, 0.2) is 5.71 Å². The number of carbonyl (C=O) groups excluding carboxylic acids is 1. The second-order valence-electron chi connectivity index (χ2n) is 5.09. The lowest BCUT2D eigenvalue weighted by Crippen LogP contribution is -2.53. The highest BCUT2D eigenvalue weighted by molar-refractivity contribution is 6.38. The summed E-state index contributed by atoms with van der Waals surface area (Å²) in [6.07, 6.45) is 1.84. The van der Waals surface area contributed by atoms with Crippen LogP contribution in [0.15, 0.2) is 5.16 Å². The summed E-state index contributed by atoms with van der Waals surface area (Å²) in [4.78, 5) is 16.4. The molecule has 0 N–H and O–H groups in total. The zero-order valence-corrected chi connectivity index (χ0v) is 9.66. The number of carbonyl (C=O) groups is 1. The van der Waals surface area contributed by atoms with Gasteiger partial charge in [-0.15, -0.1) is 0 Å². The number of nitrogens with zero attached hydrogens (tertiary/aromatic N) is 1. The highest BCUT2D eigenvalue weighted by Gasteiger charge is 2.61. The van der Waals surface area contributed by atoms with Crippen molar-refractivity contribution in [1.82, 2.24) is 0 Å². The lowest BCUT2D eigenvalue weighted by molar-refractivity contribution is -0.165. The van der Waals surface area contributed by atoms with Crippen LogP contribution < -0.4 is 0 Å². The highest BCUT2D eigenvalue weighted by atomic mass is 16.6. The Morgan fingerprint density at radius 1 is 1.47 bits per heavy atom. The predicted molar refractivity (Wildman–Crippen MR) is 55.4 cm³/mol. The summed E-state index contributed by atoms with van der Waals surface area (Å²) < 4.78 is 5.50. The van der Waals surface area contributed by atoms with Gasteiger partial charge in [0.05, 0.1) is 0 Å². The molecule has 0 radical (unpaired) electrons. The molecule has 1 aliphatic carbocycles. The predicted octanol–water partition coefficient (Wildman–Crippen LogP) is 1.74. The molecule has 1 heterocycles. The van der Waals surface area contributed by atoms with Gasteiger partial charge in [-0.25, -0.2) is 4.79 Å². The van der Waals surface area contributed by atoms with Crippen LogP contribution in [0, 0.1) is 11.3 Å². The van der Waals surface area contributed by atoms with Crippen LogP contribution in [-0.2, 0) is 14.4 Å². The molecule has 2 bridgehead atoms. The van der Waals surface area contributed by atoms with Gasteiger partial charge >= 0.3 is 5.97 Å². The Kier molecular flexibility index (Phi) is 2.07. The van der Waals surface area contributed by atoms with E-state index >= 15 is 0 Å². The van der Waals surface area contributed by atoms with Crippen LogP contribution in [0.2, 0.25) is 0 Å². The molecule has 1 saturated heterocycles. The zero-order valence-electron chi connectivity index (χ0n) is 9.66. The minimum atomic E-state index is -0.346. The Hall–Kier alpha value is -1.06. The fraction of sp³-hybridized carbons (Fsp3) is 0.818. The fourth-order valence-electron chi connectivity index (χ4n) is 2.73. The Morgan fingerprint density at radius 2 is 2.13 bits per heavy atom. The molecule has 2 atom stereocenters. The van der Waals surface area contributed by atoms with Crippen molar-refractivity contribution in [1.29, 1.82) is 0 Å². The van der Waals surface area contributed by atoms with Gasteiger partial charge in [0.25, 0.3) is 0 Å². The Morgan fingerprint density at radius 3 is 2.73 bits per heavy atom. The number of hydrogen-bond donors (Lipinski definition) is 0. The minimum absolute atomic E-state index is 0.0573. The van der Waals surface area contributed by atoms with E-state index in [0.717, 1.165) is 12.8 Å². The molecule has 84 valence electrons. The molecule has 0 aromatic heterocycles. The first-order valence-electron chi connectivity index (χ1n) is 5.27. The van der Waals surface area contributed by atoms with Gasteiger partial charge < -0.3 is 9.57 Å². The molecule has 2 rings (SSSR count). The first-order chi connectivity index (χ1) is 6.92. The Bertz CT molecular complexity index is 335. The normalized spacial score (nSPS) is 40.4. The van der Waals surface area contributed by atoms with Crippen molar-refractivity contribution in [3.63, 3.8) is 0 Å². The second-order valence-corrected chi connectivity index (χ2v) is 5.09. The van der Waals surface area contributed by atoms with E-state index in [4.69, 9.17) is 9.57 Å². The molecule has 0 aromatic rings. The van der Waals surface area contributed by atoms with E-state index in [2.05, 4.69) is 19.0 Å².